The number of halogens is 4. The van der Waals surface area contributed by atoms with E-state index < -0.39 is 17.5 Å². The average molecular weight is 359 g/mol. The Morgan fingerprint density at radius 1 is 1.22 bits per heavy atom. The quantitative estimate of drug-likeness (QED) is 0.861. The zero-order valence-corrected chi connectivity index (χ0v) is 13.8. The van der Waals surface area contributed by atoms with Gasteiger partial charge in [-0.2, -0.15) is 0 Å². The summed E-state index contributed by atoms with van der Waals surface area (Å²) in [6.07, 6.45) is 0. The number of nitrogens with one attached hydrogen (secondary N) is 1. The van der Waals surface area contributed by atoms with E-state index >= 15 is 0 Å². The summed E-state index contributed by atoms with van der Waals surface area (Å²) < 4.78 is 26.6. The van der Waals surface area contributed by atoms with Crippen molar-refractivity contribution in [3.63, 3.8) is 0 Å². The number of rotatable bonds is 5. The molecule has 0 saturated heterocycles. The van der Waals surface area contributed by atoms with E-state index in [0.717, 1.165) is 23.8 Å². The summed E-state index contributed by atoms with van der Waals surface area (Å²) in [7, 11) is 1.71. The van der Waals surface area contributed by atoms with Crippen molar-refractivity contribution in [1.82, 2.24) is 4.90 Å². The van der Waals surface area contributed by atoms with E-state index in [1.54, 1.807) is 30.1 Å². The number of nitrogens with zero attached hydrogens (tertiary/aromatic N) is 1. The maximum Gasteiger partial charge on any atom is 0.238 e. The molecule has 1 N–H and O–H groups in total. The van der Waals surface area contributed by atoms with Gasteiger partial charge in [-0.3, -0.25) is 9.69 Å². The van der Waals surface area contributed by atoms with Gasteiger partial charge < -0.3 is 5.32 Å². The fourth-order valence-corrected chi connectivity index (χ4v) is 2.43. The maximum atomic E-state index is 13.5. The second kappa shape index (κ2) is 7.73. The van der Waals surface area contributed by atoms with Crippen LogP contribution in [0.1, 0.15) is 5.56 Å². The molecule has 3 nitrogen and oxygen atoms in total. The fraction of sp³-hybridized carbons (Fsp3) is 0.188. The third-order valence-electron chi connectivity index (χ3n) is 3.09. The number of likely N-dealkylation sites (N-methyl/N-ethyl adjacent to an activating group) is 1. The minimum Gasteiger partial charge on any atom is -0.322 e. The normalized spacial score (nSPS) is 10.9. The van der Waals surface area contributed by atoms with E-state index in [0.29, 0.717) is 16.6 Å². The molecule has 0 atom stereocenters. The SMILES string of the molecule is CN(CC(=O)Nc1cc(F)ccc1F)Cc1cccc(Cl)c1Cl. The number of carbonyl (C=O) groups is 1. The Hall–Kier alpha value is -1.69. The van der Waals surface area contributed by atoms with Gasteiger partial charge in [-0.25, -0.2) is 8.78 Å². The summed E-state index contributed by atoms with van der Waals surface area (Å²) in [6, 6.07) is 8.11. The van der Waals surface area contributed by atoms with Crippen LogP contribution in [0, 0.1) is 11.6 Å². The van der Waals surface area contributed by atoms with Gasteiger partial charge in [0.05, 0.1) is 22.3 Å². The number of hydrogen-bond donors (Lipinski definition) is 1. The van der Waals surface area contributed by atoms with Crippen molar-refractivity contribution in [2.24, 2.45) is 0 Å². The third-order valence-corrected chi connectivity index (χ3v) is 3.95. The van der Waals surface area contributed by atoms with Gasteiger partial charge in [-0.15, -0.1) is 0 Å². The molecule has 0 spiro atoms. The Bertz CT molecular complexity index is 725. The Morgan fingerprint density at radius 2 is 1.96 bits per heavy atom. The van der Waals surface area contributed by atoms with Gasteiger partial charge in [-0.1, -0.05) is 35.3 Å². The van der Waals surface area contributed by atoms with Crippen LogP contribution in [0.15, 0.2) is 36.4 Å². The van der Waals surface area contributed by atoms with Gasteiger partial charge in [-0.05, 0) is 30.8 Å². The predicted molar refractivity (Wildman–Crippen MR) is 87.8 cm³/mol. The highest BCUT2D eigenvalue weighted by atomic mass is 35.5. The van der Waals surface area contributed by atoms with Crippen molar-refractivity contribution in [3.8, 4) is 0 Å². The van der Waals surface area contributed by atoms with Crippen LogP contribution in [0.25, 0.3) is 0 Å². The number of anilines is 1. The Balaban J connectivity index is 1.97. The molecule has 2 aromatic carbocycles. The molecular formula is C16H14Cl2F2N2O. The van der Waals surface area contributed by atoms with Crippen LogP contribution in [-0.4, -0.2) is 24.4 Å². The molecule has 0 aliphatic heterocycles. The average Bonchev–Trinajstić information content (AvgIpc) is 2.47. The Morgan fingerprint density at radius 3 is 2.70 bits per heavy atom. The molecule has 0 aromatic heterocycles. The number of amides is 1. The molecule has 23 heavy (non-hydrogen) atoms. The summed E-state index contributed by atoms with van der Waals surface area (Å²) in [4.78, 5) is 13.6. The summed E-state index contributed by atoms with van der Waals surface area (Å²) >= 11 is 12.0. The first-order valence-corrected chi connectivity index (χ1v) is 7.48. The van der Waals surface area contributed by atoms with Crippen LogP contribution in [0.5, 0.6) is 0 Å². The molecular weight excluding hydrogens is 345 g/mol. The molecule has 7 heteroatoms. The second-order valence-corrected chi connectivity index (χ2v) is 5.84. The lowest BCUT2D eigenvalue weighted by Crippen LogP contribution is -2.30. The van der Waals surface area contributed by atoms with E-state index in [2.05, 4.69) is 5.32 Å². The lowest BCUT2D eigenvalue weighted by atomic mass is 10.2. The minimum absolute atomic E-state index is 0.0151. The van der Waals surface area contributed by atoms with Crippen LogP contribution in [0.3, 0.4) is 0 Å². The van der Waals surface area contributed by atoms with E-state index in [1.165, 1.54) is 0 Å². The smallest absolute Gasteiger partial charge is 0.238 e. The minimum atomic E-state index is -0.694. The zero-order valence-electron chi connectivity index (χ0n) is 12.2. The summed E-state index contributed by atoms with van der Waals surface area (Å²) in [6.45, 7) is 0.372. The molecule has 1 amide bonds. The van der Waals surface area contributed by atoms with Crippen molar-refractivity contribution in [2.75, 3.05) is 18.9 Å². The van der Waals surface area contributed by atoms with Gasteiger partial charge in [0.2, 0.25) is 5.91 Å². The molecule has 0 saturated carbocycles. The standard InChI is InChI=1S/C16H14Cl2F2N2O/c1-22(8-10-3-2-4-12(17)16(10)18)9-15(23)21-14-7-11(19)5-6-13(14)20/h2-7H,8-9H2,1H3,(H,21,23). The molecule has 122 valence electrons. The third kappa shape index (κ3) is 4.89. The van der Waals surface area contributed by atoms with Gasteiger partial charge in [0.1, 0.15) is 11.6 Å². The summed E-state index contributed by atoms with van der Waals surface area (Å²) in [5, 5.41) is 3.20. The molecule has 0 heterocycles. The predicted octanol–water partition coefficient (Wildman–Crippen LogP) is 4.34. The number of benzene rings is 2. The lowest BCUT2D eigenvalue weighted by molar-refractivity contribution is -0.117. The highest BCUT2D eigenvalue weighted by Gasteiger charge is 2.12. The van der Waals surface area contributed by atoms with Crippen molar-refractivity contribution in [2.45, 2.75) is 6.54 Å². The molecule has 0 bridgehead atoms. The van der Waals surface area contributed by atoms with Crippen molar-refractivity contribution in [1.29, 1.82) is 0 Å². The van der Waals surface area contributed by atoms with Crippen molar-refractivity contribution >= 4 is 34.8 Å². The van der Waals surface area contributed by atoms with E-state index in [-0.39, 0.29) is 12.2 Å². The first-order valence-electron chi connectivity index (χ1n) is 6.73. The molecule has 0 unspecified atom stereocenters. The molecule has 2 aromatic rings. The van der Waals surface area contributed by atoms with Gasteiger partial charge in [0.25, 0.3) is 0 Å². The zero-order chi connectivity index (χ0) is 17.0. The first kappa shape index (κ1) is 17.7. The topological polar surface area (TPSA) is 32.3 Å². The molecule has 0 radical (unpaired) electrons. The first-order chi connectivity index (χ1) is 10.9. The van der Waals surface area contributed by atoms with Gasteiger partial charge in [0, 0.05) is 12.6 Å². The number of hydrogen-bond acceptors (Lipinski definition) is 2. The molecule has 2 rings (SSSR count). The fourth-order valence-electron chi connectivity index (χ4n) is 2.05. The van der Waals surface area contributed by atoms with Crippen LogP contribution in [-0.2, 0) is 11.3 Å². The highest BCUT2D eigenvalue weighted by Crippen LogP contribution is 2.26. The monoisotopic (exact) mass is 358 g/mol. The van der Waals surface area contributed by atoms with Crippen molar-refractivity contribution in [3.05, 3.63) is 63.6 Å². The van der Waals surface area contributed by atoms with Gasteiger partial charge in [0.15, 0.2) is 0 Å². The van der Waals surface area contributed by atoms with E-state index in [4.69, 9.17) is 23.2 Å². The van der Waals surface area contributed by atoms with Gasteiger partial charge >= 0.3 is 0 Å². The van der Waals surface area contributed by atoms with E-state index in [1.807, 2.05) is 0 Å². The number of carbonyl (C=O) groups excluding carboxylic acids is 1. The largest absolute Gasteiger partial charge is 0.322 e. The summed E-state index contributed by atoms with van der Waals surface area (Å²) in [5.41, 5.74) is 0.579. The van der Waals surface area contributed by atoms with E-state index in [9.17, 15) is 13.6 Å². The Labute approximate surface area is 142 Å². The summed E-state index contributed by atoms with van der Waals surface area (Å²) in [5.74, 6) is -1.78. The highest BCUT2D eigenvalue weighted by molar-refractivity contribution is 6.42. The maximum absolute atomic E-state index is 13.5. The molecule has 0 aliphatic rings. The van der Waals surface area contributed by atoms with Crippen LogP contribution in [0.2, 0.25) is 10.0 Å². The Kier molecular flexibility index (Phi) is 5.93. The van der Waals surface area contributed by atoms with Crippen LogP contribution >= 0.6 is 23.2 Å². The lowest BCUT2D eigenvalue weighted by Gasteiger charge is -2.17. The molecule has 0 aliphatic carbocycles. The molecule has 0 fully saturated rings. The van der Waals surface area contributed by atoms with Crippen LogP contribution in [0.4, 0.5) is 14.5 Å². The van der Waals surface area contributed by atoms with Crippen molar-refractivity contribution < 1.29 is 13.6 Å². The second-order valence-electron chi connectivity index (χ2n) is 5.06. The van der Waals surface area contributed by atoms with Crippen LogP contribution < -0.4 is 5.32 Å².